The van der Waals surface area contributed by atoms with Crippen LogP contribution in [0.5, 0.6) is 0 Å². The SMILES string of the molecule is CC1=CCC2CCC(C)(C)CC(O)C2(C)C1. The molecule has 16 heavy (non-hydrogen) atoms. The average molecular weight is 222 g/mol. The van der Waals surface area contributed by atoms with Crippen LogP contribution in [-0.2, 0) is 0 Å². The van der Waals surface area contributed by atoms with Crippen molar-refractivity contribution in [3.8, 4) is 0 Å². The second kappa shape index (κ2) is 3.87. The van der Waals surface area contributed by atoms with Crippen molar-refractivity contribution >= 4 is 0 Å². The second-order valence-electron chi connectivity index (χ2n) is 7.09. The number of aliphatic hydroxyl groups excluding tert-OH is 1. The summed E-state index contributed by atoms with van der Waals surface area (Å²) in [4.78, 5) is 0. The van der Waals surface area contributed by atoms with Crippen molar-refractivity contribution in [1.82, 2.24) is 0 Å². The molecule has 0 saturated heterocycles. The van der Waals surface area contributed by atoms with Crippen LogP contribution in [0.1, 0.15) is 59.8 Å². The zero-order valence-electron chi connectivity index (χ0n) is 11.2. The Morgan fingerprint density at radius 3 is 2.69 bits per heavy atom. The van der Waals surface area contributed by atoms with Gasteiger partial charge in [-0.05, 0) is 50.4 Å². The molecule has 2 aliphatic rings. The summed E-state index contributed by atoms with van der Waals surface area (Å²) in [5.41, 5.74) is 1.91. The lowest BCUT2D eigenvalue weighted by Gasteiger charge is -2.43. The summed E-state index contributed by atoms with van der Waals surface area (Å²) in [5.74, 6) is 0.688. The summed E-state index contributed by atoms with van der Waals surface area (Å²) in [6.45, 7) is 9.12. The largest absolute Gasteiger partial charge is 0.393 e. The van der Waals surface area contributed by atoms with Crippen molar-refractivity contribution in [1.29, 1.82) is 0 Å². The highest BCUT2D eigenvalue weighted by atomic mass is 16.3. The molecule has 0 aromatic rings. The van der Waals surface area contributed by atoms with Gasteiger partial charge in [0.2, 0.25) is 0 Å². The average Bonchev–Trinajstić information content (AvgIpc) is 2.22. The smallest absolute Gasteiger partial charge is 0.0604 e. The predicted octanol–water partition coefficient (Wildman–Crippen LogP) is 3.92. The van der Waals surface area contributed by atoms with Gasteiger partial charge in [-0.15, -0.1) is 0 Å². The van der Waals surface area contributed by atoms with Crippen LogP contribution in [0.4, 0.5) is 0 Å². The number of hydrogen-bond acceptors (Lipinski definition) is 1. The van der Waals surface area contributed by atoms with E-state index in [1.807, 2.05) is 0 Å². The first-order chi connectivity index (χ1) is 7.33. The molecule has 0 heterocycles. The predicted molar refractivity (Wildman–Crippen MR) is 68.2 cm³/mol. The third-order valence-electron chi connectivity index (χ3n) is 5.02. The highest BCUT2D eigenvalue weighted by molar-refractivity contribution is 5.12. The molecule has 2 aliphatic carbocycles. The molecule has 2 rings (SSSR count). The molecule has 0 spiro atoms. The van der Waals surface area contributed by atoms with E-state index in [0.717, 1.165) is 12.8 Å². The van der Waals surface area contributed by atoms with Gasteiger partial charge in [0, 0.05) is 5.41 Å². The van der Waals surface area contributed by atoms with Crippen LogP contribution in [0.15, 0.2) is 11.6 Å². The summed E-state index contributed by atoms with van der Waals surface area (Å²) < 4.78 is 0. The van der Waals surface area contributed by atoms with Crippen molar-refractivity contribution in [2.24, 2.45) is 16.7 Å². The van der Waals surface area contributed by atoms with Crippen LogP contribution in [-0.4, -0.2) is 11.2 Å². The topological polar surface area (TPSA) is 20.2 Å². The fourth-order valence-corrected chi connectivity index (χ4v) is 3.69. The normalized spacial score (nSPS) is 43.2. The number of fused-ring (bicyclic) bond motifs is 1. The molecule has 0 bridgehead atoms. The van der Waals surface area contributed by atoms with E-state index in [1.165, 1.54) is 24.8 Å². The molecule has 3 atom stereocenters. The quantitative estimate of drug-likeness (QED) is 0.616. The van der Waals surface area contributed by atoms with Crippen LogP contribution in [0.2, 0.25) is 0 Å². The molecule has 1 saturated carbocycles. The molecule has 1 fully saturated rings. The Morgan fingerprint density at radius 2 is 2.00 bits per heavy atom. The number of rotatable bonds is 0. The molecule has 0 aliphatic heterocycles. The Morgan fingerprint density at radius 1 is 1.31 bits per heavy atom. The van der Waals surface area contributed by atoms with E-state index in [9.17, 15) is 5.11 Å². The van der Waals surface area contributed by atoms with Crippen molar-refractivity contribution < 1.29 is 5.11 Å². The fourth-order valence-electron chi connectivity index (χ4n) is 3.69. The summed E-state index contributed by atoms with van der Waals surface area (Å²) in [5, 5.41) is 10.6. The maximum absolute atomic E-state index is 10.6. The van der Waals surface area contributed by atoms with Crippen molar-refractivity contribution in [2.75, 3.05) is 0 Å². The summed E-state index contributed by atoms with van der Waals surface area (Å²) in [6.07, 6.45) is 8.04. The van der Waals surface area contributed by atoms with E-state index in [2.05, 4.69) is 33.8 Å². The standard InChI is InChI=1S/C15H26O/c1-11-5-6-12-7-8-14(2,3)10-13(16)15(12,4)9-11/h5,12-13,16H,6-10H2,1-4H3. The molecule has 0 amide bonds. The Bertz CT molecular complexity index is 303. The lowest BCUT2D eigenvalue weighted by Crippen LogP contribution is -2.40. The van der Waals surface area contributed by atoms with Crippen LogP contribution in [0.25, 0.3) is 0 Å². The summed E-state index contributed by atoms with van der Waals surface area (Å²) in [6, 6.07) is 0. The van der Waals surface area contributed by atoms with Crippen LogP contribution >= 0.6 is 0 Å². The summed E-state index contributed by atoms with van der Waals surface area (Å²) in [7, 11) is 0. The maximum atomic E-state index is 10.6. The van der Waals surface area contributed by atoms with Gasteiger partial charge in [-0.3, -0.25) is 0 Å². The molecule has 1 nitrogen and oxygen atoms in total. The lowest BCUT2D eigenvalue weighted by molar-refractivity contribution is -0.0186. The Hall–Kier alpha value is -0.300. The number of hydrogen-bond donors (Lipinski definition) is 1. The van der Waals surface area contributed by atoms with Gasteiger partial charge in [0.1, 0.15) is 0 Å². The molecule has 1 heteroatoms. The van der Waals surface area contributed by atoms with E-state index >= 15 is 0 Å². The Kier molecular flexibility index (Phi) is 2.94. The molecule has 92 valence electrons. The zero-order chi connectivity index (χ0) is 12.0. The minimum Gasteiger partial charge on any atom is -0.393 e. The molecule has 3 unspecified atom stereocenters. The van der Waals surface area contributed by atoms with Gasteiger partial charge in [0.05, 0.1) is 6.10 Å². The van der Waals surface area contributed by atoms with Crippen LogP contribution < -0.4 is 0 Å². The Labute approximate surface area is 99.9 Å². The highest BCUT2D eigenvalue weighted by Crippen LogP contribution is 2.52. The van der Waals surface area contributed by atoms with Gasteiger partial charge in [0.15, 0.2) is 0 Å². The zero-order valence-corrected chi connectivity index (χ0v) is 11.2. The first-order valence-electron chi connectivity index (χ1n) is 6.67. The number of aliphatic hydroxyl groups is 1. The lowest BCUT2D eigenvalue weighted by atomic mass is 9.64. The molecular weight excluding hydrogens is 196 g/mol. The van der Waals surface area contributed by atoms with Gasteiger partial charge in [-0.25, -0.2) is 0 Å². The van der Waals surface area contributed by atoms with Gasteiger partial charge < -0.3 is 5.11 Å². The fraction of sp³-hybridized carbons (Fsp3) is 0.867. The minimum atomic E-state index is -0.126. The van der Waals surface area contributed by atoms with E-state index < -0.39 is 0 Å². The molecule has 0 radical (unpaired) electrons. The van der Waals surface area contributed by atoms with Gasteiger partial charge in [-0.2, -0.15) is 0 Å². The summed E-state index contributed by atoms with van der Waals surface area (Å²) >= 11 is 0. The van der Waals surface area contributed by atoms with Gasteiger partial charge >= 0.3 is 0 Å². The van der Waals surface area contributed by atoms with E-state index in [-0.39, 0.29) is 11.5 Å². The third-order valence-corrected chi connectivity index (χ3v) is 5.02. The van der Waals surface area contributed by atoms with Crippen molar-refractivity contribution in [3.05, 3.63) is 11.6 Å². The van der Waals surface area contributed by atoms with Gasteiger partial charge in [0.25, 0.3) is 0 Å². The van der Waals surface area contributed by atoms with Crippen molar-refractivity contribution in [3.63, 3.8) is 0 Å². The van der Waals surface area contributed by atoms with Crippen LogP contribution in [0, 0.1) is 16.7 Å². The highest BCUT2D eigenvalue weighted by Gasteiger charge is 2.46. The number of allylic oxidation sites excluding steroid dienone is 2. The third kappa shape index (κ3) is 2.07. The first kappa shape index (κ1) is 12.2. The van der Waals surface area contributed by atoms with Crippen molar-refractivity contribution in [2.45, 2.75) is 65.9 Å². The van der Waals surface area contributed by atoms with Crippen LogP contribution in [0.3, 0.4) is 0 Å². The minimum absolute atomic E-state index is 0.126. The second-order valence-corrected chi connectivity index (χ2v) is 7.09. The first-order valence-corrected chi connectivity index (χ1v) is 6.67. The monoisotopic (exact) mass is 222 g/mol. The molecular formula is C15H26O. The van der Waals surface area contributed by atoms with Gasteiger partial charge in [-0.1, -0.05) is 32.4 Å². The van der Waals surface area contributed by atoms with E-state index in [1.54, 1.807) is 0 Å². The Balaban J connectivity index is 2.27. The molecule has 1 N–H and O–H groups in total. The molecule has 0 aromatic carbocycles. The van der Waals surface area contributed by atoms with E-state index in [4.69, 9.17) is 0 Å². The van der Waals surface area contributed by atoms with E-state index in [0.29, 0.717) is 11.3 Å². The molecule has 0 aromatic heterocycles. The maximum Gasteiger partial charge on any atom is 0.0604 e.